The predicted octanol–water partition coefficient (Wildman–Crippen LogP) is 17.8. The van der Waals surface area contributed by atoms with Crippen molar-refractivity contribution in [2.75, 3.05) is 13.2 Å². The summed E-state index contributed by atoms with van der Waals surface area (Å²) >= 11 is 0. The van der Waals surface area contributed by atoms with Gasteiger partial charge in [-0.3, -0.25) is 9.59 Å². The van der Waals surface area contributed by atoms with Crippen LogP contribution < -0.4 is 5.32 Å². The minimum atomic E-state index is -1.61. The maximum atomic E-state index is 13.4. The van der Waals surface area contributed by atoms with E-state index in [1.807, 2.05) is 6.08 Å². The molecule has 8 atom stereocenters. The molecular weight excluding hydrogens is 1030 g/mol. The summed E-state index contributed by atoms with van der Waals surface area (Å²) in [6.45, 7) is 5.81. The van der Waals surface area contributed by atoms with E-state index in [4.69, 9.17) is 14.2 Å². The van der Waals surface area contributed by atoms with Crippen LogP contribution in [0.15, 0.2) is 36.5 Å². The Hall–Kier alpha value is -2.12. The second kappa shape index (κ2) is 59.2. The molecule has 0 aliphatic carbocycles. The molecule has 11 nitrogen and oxygen atoms in total. The standard InChI is InChI=1S/C71H133NO10/c1-4-7-10-13-16-19-22-25-27-29-30-31-32-33-34-35-36-37-39-41-44-47-50-53-56-59-66(76)82-69-68(78)67(77)65(60-73)81-71(69)80-61-62(63(74)57-54-51-48-45-42-24-21-18-15-12-9-6-3)72-70(79)64(75)58-55-52-49-46-43-40-38-28-26-23-20-17-14-11-8-5-2/h17,20,26,28,54,57,62-65,67-69,71,73-75,77-78H,4-16,18-19,21-25,27,29-53,55-56,58-61H2,1-3H3,(H,72,79)/b20-17-,28-26-,57-54+. The Labute approximate surface area is 504 Å². The van der Waals surface area contributed by atoms with Crippen molar-refractivity contribution in [1.29, 1.82) is 0 Å². The van der Waals surface area contributed by atoms with E-state index in [2.05, 4.69) is 50.4 Å². The lowest BCUT2D eigenvalue weighted by atomic mass is 9.99. The van der Waals surface area contributed by atoms with Gasteiger partial charge in [-0.2, -0.15) is 0 Å². The number of aliphatic hydroxyl groups is 5. The maximum absolute atomic E-state index is 13.4. The van der Waals surface area contributed by atoms with Crippen LogP contribution in [-0.4, -0.2) is 99.6 Å². The predicted molar refractivity (Wildman–Crippen MR) is 343 cm³/mol. The summed E-state index contributed by atoms with van der Waals surface area (Å²) in [6, 6.07) is -1.03. The van der Waals surface area contributed by atoms with E-state index in [0.717, 1.165) is 83.5 Å². The van der Waals surface area contributed by atoms with Crippen molar-refractivity contribution in [3.05, 3.63) is 36.5 Å². The Morgan fingerprint density at radius 2 is 0.841 bits per heavy atom. The summed E-state index contributed by atoms with van der Waals surface area (Å²) in [6.07, 6.45) is 61.9. The fraction of sp³-hybridized carbons (Fsp3) is 0.887. The first-order valence-electron chi connectivity index (χ1n) is 35.3. The molecule has 1 aliphatic rings. The Bertz CT molecular complexity index is 1470. The number of carbonyl (C=O) groups excluding carboxylic acids is 2. The number of aliphatic hydroxyl groups excluding tert-OH is 5. The first kappa shape index (κ1) is 77.9. The van der Waals surface area contributed by atoms with Crippen molar-refractivity contribution in [2.45, 2.75) is 391 Å². The van der Waals surface area contributed by atoms with Gasteiger partial charge in [0.25, 0.3) is 0 Å². The first-order chi connectivity index (χ1) is 40.2. The highest BCUT2D eigenvalue weighted by Crippen LogP contribution is 2.26. The van der Waals surface area contributed by atoms with E-state index in [9.17, 15) is 35.1 Å². The normalized spacial score (nSPS) is 18.8. The van der Waals surface area contributed by atoms with Crippen LogP contribution in [0, 0.1) is 0 Å². The van der Waals surface area contributed by atoms with E-state index in [1.165, 1.54) is 212 Å². The van der Waals surface area contributed by atoms with Crippen LogP contribution in [0.5, 0.6) is 0 Å². The van der Waals surface area contributed by atoms with Gasteiger partial charge in [0.15, 0.2) is 12.4 Å². The molecule has 1 amide bonds. The number of allylic oxidation sites excluding steroid dienone is 5. The Morgan fingerprint density at radius 3 is 1.27 bits per heavy atom. The minimum Gasteiger partial charge on any atom is -0.454 e. The number of carbonyl (C=O) groups is 2. The largest absolute Gasteiger partial charge is 0.454 e. The fourth-order valence-electron chi connectivity index (χ4n) is 11.2. The zero-order valence-corrected chi connectivity index (χ0v) is 53.6. The van der Waals surface area contributed by atoms with Gasteiger partial charge < -0.3 is 45.1 Å². The Morgan fingerprint density at radius 1 is 0.476 bits per heavy atom. The molecule has 8 unspecified atom stereocenters. The number of amides is 1. The third-order valence-corrected chi connectivity index (χ3v) is 16.8. The highest BCUT2D eigenvalue weighted by atomic mass is 16.7. The van der Waals surface area contributed by atoms with Gasteiger partial charge in [-0.25, -0.2) is 0 Å². The molecule has 1 rings (SSSR count). The van der Waals surface area contributed by atoms with Crippen molar-refractivity contribution in [3.63, 3.8) is 0 Å². The molecule has 0 radical (unpaired) electrons. The van der Waals surface area contributed by atoms with E-state index >= 15 is 0 Å². The number of hydrogen-bond donors (Lipinski definition) is 6. The summed E-state index contributed by atoms with van der Waals surface area (Å²) in [5.41, 5.74) is 0. The van der Waals surface area contributed by atoms with E-state index in [-0.39, 0.29) is 19.4 Å². The van der Waals surface area contributed by atoms with Crippen LogP contribution in [0.25, 0.3) is 0 Å². The van der Waals surface area contributed by atoms with Gasteiger partial charge in [-0.05, 0) is 57.8 Å². The lowest BCUT2D eigenvalue weighted by Crippen LogP contribution is -2.61. The number of hydrogen-bond acceptors (Lipinski definition) is 10. The molecule has 482 valence electrons. The van der Waals surface area contributed by atoms with Crippen LogP contribution in [0.4, 0.5) is 0 Å². The van der Waals surface area contributed by atoms with Gasteiger partial charge in [-0.15, -0.1) is 0 Å². The quantitative estimate of drug-likeness (QED) is 0.0195. The zero-order chi connectivity index (χ0) is 59.6. The number of nitrogens with one attached hydrogen (secondary N) is 1. The second-order valence-electron chi connectivity index (χ2n) is 24.6. The Balaban J connectivity index is 2.55. The molecule has 0 aromatic rings. The summed E-state index contributed by atoms with van der Waals surface area (Å²) in [4.78, 5) is 26.6. The monoisotopic (exact) mass is 1160 g/mol. The third kappa shape index (κ3) is 46.1. The maximum Gasteiger partial charge on any atom is 0.306 e. The highest BCUT2D eigenvalue weighted by molar-refractivity contribution is 5.80. The fourth-order valence-corrected chi connectivity index (χ4v) is 11.2. The van der Waals surface area contributed by atoms with Gasteiger partial charge in [-0.1, -0.05) is 314 Å². The van der Waals surface area contributed by atoms with Crippen molar-refractivity contribution in [2.24, 2.45) is 0 Å². The van der Waals surface area contributed by atoms with Gasteiger partial charge in [0.05, 0.1) is 25.4 Å². The average Bonchev–Trinajstić information content (AvgIpc) is 3.68. The lowest BCUT2D eigenvalue weighted by molar-refractivity contribution is -0.305. The van der Waals surface area contributed by atoms with Crippen LogP contribution in [0.3, 0.4) is 0 Å². The molecule has 1 aliphatic heterocycles. The molecule has 0 saturated carbocycles. The molecule has 1 fully saturated rings. The highest BCUT2D eigenvalue weighted by Gasteiger charge is 2.47. The molecule has 0 spiro atoms. The molecule has 11 heteroatoms. The van der Waals surface area contributed by atoms with E-state index in [1.54, 1.807) is 6.08 Å². The number of unbranched alkanes of at least 4 members (excludes halogenated alkanes) is 43. The minimum absolute atomic E-state index is 0.128. The molecule has 82 heavy (non-hydrogen) atoms. The molecule has 0 aromatic heterocycles. The smallest absolute Gasteiger partial charge is 0.306 e. The summed E-state index contributed by atoms with van der Waals surface area (Å²) in [5, 5.41) is 57.2. The van der Waals surface area contributed by atoms with E-state index < -0.39 is 67.4 Å². The Kier molecular flexibility index (Phi) is 56.3. The van der Waals surface area contributed by atoms with Gasteiger partial charge in [0.1, 0.15) is 24.4 Å². The average molecular weight is 1160 g/mol. The van der Waals surface area contributed by atoms with Crippen LogP contribution in [0.2, 0.25) is 0 Å². The van der Waals surface area contributed by atoms with Crippen molar-refractivity contribution >= 4 is 11.9 Å². The zero-order valence-electron chi connectivity index (χ0n) is 53.6. The SMILES string of the molecule is CCCCC/C=C\C/C=C\CCCCCCCCC(O)C(=O)NC(COC1OC(CO)C(O)C(O)C1OC(=O)CCCCCCCCCCCCCCCCCCCCCCCCCCC)C(O)/C=C/CCCCCCCCCCCC. The van der Waals surface area contributed by atoms with Crippen LogP contribution in [-0.2, 0) is 23.8 Å². The number of esters is 1. The van der Waals surface area contributed by atoms with Gasteiger partial charge >= 0.3 is 5.97 Å². The third-order valence-electron chi connectivity index (χ3n) is 16.8. The lowest BCUT2D eigenvalue weighted by Gasteiger charge is -2.41. The summed E-state index contributed by atoms with van der Waals surface area (Å²) < 4.78 is 17.7. The van der Waals surface area contributed by atoms with Gasteiger partial charge in [0, 0.05) is 6.42 Å². The number of rotatable bonds is 61. The summed E-state index contributed by atoms with van der Waals surface area (Å²) in [5.74, 6) is -1.19. The molecule has 6 N–H and O–H groups in total. The molecule has 1 saturated heterocycles. The summed E-state index contributed by atoms with van der Waals surface area (Å²) in [7, 11) is 0. The van der Waals surface area contributed by atoms with Crippen LogP contribution in [0.1, 0.15) is 342 Å². The van der Waals surface area contributed by atoms with Crippen molar-refractivity contribution in [1.82, 2.24) is 5.32 Å². The van der Waals surface area contributed by atoms with Crippen molar-refractivity contribution in [3.8, 4) is 0 Å². The molecule has 1 heterocycles. The second-order valence-corrected chi connectivity index (χ2v) is 24.6. The molecule has 0 bridgehead atoms. The number of ether oxygens (including phenoxy) is 3. The molecular formula is C71H133NO10. The van der Waals surface area contributed by atoms with E-state index in [0.29, 0.717) is 12.8 Å². The van der Waals surface area contributed by atoms with Crippen LogP contribution >= 0.6 is 0 Å². The first-order valence-corrected chi connectivity index (χ1v) is 35.3. The van der Waals surface area contributed by atoms with Crippen molar-refractivity contribution < 1.29 is 49.3 Å². The topological polar surface area (TPSA) is 175 Å². The van der Waals surface area contributed by atoms with Gasteiger partial charge in [0.2, 0.25) is 5.91 Å². The molecule has 0 aromatic carbocycles.